The summed E-state index contributed by atoms with van der Waals surface area (Å²) < 4.78 is 9.72. The standard InChI is InChI=1S/C12H13NO5/c1-3-18-12(14)8-7-9-10(13(15)16)5-4-6-11(9)17-2/h4-8H,3H2,1-2H3. The molecule has 0 spiro atoms. The fraction of sp³-hybridized carbons (Fsp3) is 0.250. The highest BCUT2D eigenvalue weighted by molar-refractivity contribution is 5.88. The molecule has 0 saturated carbocycles. The van der Waals surface area contributed by atoms with Crippen molar-refractivity contribution in [3.05, 3.63) is 40.0 Å². The molecule has 0 fully saturated rings. The van der Waals surface area contributed by atoms with Crippen molar-refractivity contribution in [1.29, 1.82) is 0 Å². The zero-order chi connectivity index (χ0) is 13.5. The molecule has 1 rings (SSSR count). The molecule has 0 N–H and O–H groups in total. The van der Waals surface area contributed by atoms with Gasteiger partial charge in [-0.15, -0.1) is 0 Å². The number of ether oxygens (including phenoxy) is 2. The van der Waals surface area contributed by atoms with Gasteiger partial charge in [-0.25, -0.2) is 4.79 Å². The van der Waals surface area contributed by atoms with Gasteiger partial charge in [0, 0.05) is 12.1 Å². The van der Waals surface area contributed by atoms with Crippen molar-refractivity contribution in [2.24, 2.45) is 0 Å². The van der Waals surface area contributed by atoms with E-state index in [1.54, 1.807) is 13.0 Å². The Balaban J connectivity index is 3.12. The Bertz CT molecular complexity index is 481. The Morgan fingerprint density at radius 1 is 1.50 bits per heavy atom. The first-order valence-corrected chi connectivity index (χ1v) is 5.26. The molecule has 0 amide bonds. The van der Waals surface area contributed by atoms with Gasteiger partial charge in [-0.3, -0.25) is 10.1 Å². The van der Waals surface area contributed by atoms with E-state index in [1.165, 1.54) is 25.3 Å². The molecule has 0 aliphatic heterocycles. The van der Waals surface area contributed by atoms with Crippen molar-refractivity contribution < 1.29 is 19.2 Å². The van der Waals surface area contributed by atoms with Gasteiger partial charge in [0.05, 0.1) is 24.2 Å². The molecule has 0 bridgehead atoms. The molecule has 0 aliphatic rings. The van der Waals surface area contributed by atoms with E-state index in [1.807, 2.05) is 0 Å². The zero-order valence-electron chi connectivity index (χ0n) is 10.1. The minimum absolute atomic E-state index is 0.130. The van der Waals surface area contributed by atoms with Gasteiger partial charge in [0.25, 0.3) is 5.69 Å². The molecule has 0 heterocycles. The second kappa shape index (κ2) is 6.39. The molecule has 18 heavy (non-hydrogen) atoms. The number of nitro groups is 1. The summed E-state index contributed by atoms with van der Waals surface area (Å²) in [7, 11) is 1.40. The molecule has 0 radical (unpaired) electrons. The van der Waals surface area contributed by atoms with Crippen molar-refractivity contribution in [1.82, 2.24) is 0 Å². The van der Waals surface area contributed by atoms with E-state index in [0.717, 1.165) is 6.08 Å². The number of hydrogen-bond acceptors (Lipinski definition) is 5. The van der Waals surface area contributed by atoms with Crippen LogP contribution in [0.25, 0.3) is 6.08 Å². The lowest BCUT2D eigenvalue weighted by Gasteiger charge is -2.04. The molecule has 1 aromatic carbocycles. The summed E-state index contributed by atoms with van der Waals surface area (Å²) >= 11 is 0. The number of carbonyl (C=O) groups excluding carboxylic acids is 1. The van der Waals surface area contributed by atoms with Gasteiger partial charge in [-0.05, 0) is 19.1 Å². The number of nitrogens with zero attached hydrogens (tertiary/aromatic N) is 1. The number of carbonyl (C=O) groups is 1. The van der Waals surface area contributed by atoms with Crippen LogP contribution in [0.5, 0.6) is 5.75 Å². The molecule has 0 saturated heterocycles. The van der Waals surface area contributed by atoms with Crippen LogP contribution < -0.4 is 4.74 Å². The molecule has 0 atom stereocenters. The maximum absolute atomic E-state index is 11.2. The minimum atomic E-state index is -0.558. The molecular weight excluding hydrogens is 238 g/mol. The van der Waals surface area contributed by atoms with Crippen LogP contribution in [-0.2, 0) is 9.53 Å². The first-order valence-electron chi connectivity index (χ1n) is 5.26. The maximum atomic E-state index is 11.2. The molecular formula is C12H13NO5. The quantitative estimate of drug-likeness (QED) is 0.347. The monoisotopic (exact) mass is 251 g/mol. The van der Waals surface area contributed by atoms with E-state index in [-0.39, 0.29) is 17.9 Å². The van der Waals surface area contributed by atoms with Gasteiger partial charge < -0.3 is 9.47 Å². The highest BCUT2D eigenvalue weighted by Gasteiger charge is 2.15. The van der Waals surface area contributed by atoms with Crippen molar-refractivity contribution in [2.75, 3.05) is 13.7 Å². The van der Waals surface area contributed by atoms with Gasteiger partial charge in [-0.2, -0.15) is 0 Å². The van der Waals surface area contributed by atoms with Crippen LogP contribution >= 0.6 is 0 Å². The smallest absolute Gasteiger partial charge is 0.330 e. The van der Waals surface area contributed by atoms with Crippen molar-refractivity contribution in [3.8, 4) is 5.75 Å². The zero-order valence-corrected chi connectivity index (χ0v) is 10.1. The summed E-state index contributed by atoms with van der Waals surface area (Å²) in [5.41, 5.74) is 0.105. The Labute approximate surface area is 104 Å². The number of hydrogen-bond donors (Lipinski definition) is 0. The van der Waals surface area contributed by atoms with E-state index in [4.69, 9.17) is 9.47 Å². The van der Waals surface area contributed by atoms with Gasteiger partial charge in [0.1, 0.15) is 5.75 Å². The first kappa shape index (κ1) is 13.7. The van der Waals surface area contributed by atoms with Gasteiger partial charge in [0.2, 0.25) is 0 Å². The summed E-state index contributed by atoms with van der Waals surface area (Å²) in [5.74, 6) is -0.234. The van der Waals surface area contributed by atoms with E-state index in [0.29, 0.717) is 5.75 Å². The molecule has 0 aliphatic carbocycles. The maximum Gasteiger partial charge on any atom is 0.330 e. The molecule has 0 aromatic heterocycles. The number of esters is 1. The summed E-state index contributed by atoms with van der Waals surface area (Å²) in [5, 5.41) is 10.9. The predicted molar refractivity (Wildman–Crippen MR) is 65.3 cm³/mol. The average Bonchev–Trinajstić information content (AvgIpc) is 2.36. The largest absolute Gasteiger partial charge is 0.496 e. The van der Waals surface area contributed by atoms with Crippen molar-refractivity contribution in [2.45, 2.75) is 6.92 Å². The number of methoxy groups -OCH3 is 1. The highest BCUT2D eigenvalue weighted by Crippen LogP contribution is 2.29. The van der Waals surface area contributed by atoms with Crippen LogP contribution in [-0.4, -0.2) is 24.6 Å². The third-order valence-electron chi connectivity index (χ3n) is 2.13. The highest BCUT2D eigenvalue weighted by atomic mass is 16.6. The number of benzene rings is 1. The number of nitro benzene ring substituents is 1. The molecule has 96 valence electrons. The SMILES string of the molecule is CCOC(=O)C=Cc1c(OC)cccc1[N+](=O)[O-]. The second-order valence-corrected chi connectivity index (χ2v) is 3.24. The number of rotatable bonds is 5. The van der Waals surface area contributed by atoms with Crippen LogP contribution in [0.1, 0.15) is 12.5 Å². The van der Waals surface area contributed by atoms with E-state index >= 15 is 0 Å². The van der Waals surface area contributed by atoms with Crippen LogP contribution in [0, 0.1) is 10.1 Å². The second-order valence-electron chi connectivity index (χ2n) is 3.24. The van der Waals surface area contributed by atoms with Gasteiger partial charge in [0.15, 0.2) is 0 Å². The first-order chi connectivity index (χ1) is 8.60. The third kappa shape index (κ3) is 3.31. The summed E-state index contributed by atoms with van der Waals surface area (Å²) in [6.07, 6.45) is 2.45. The van der Waals surface area contributed by atoms with Crippen LogP contribution in [0.15, 0.2) is 24.3 Å². The predicted octanol–water partition coefficient (Wildman–Crippen LogP) is 2.18. The molecule has 1 aromatic rings. The summed E-state index contributed by atoms with van der Waals surface area (Å²) in [4.78, 5) is 21.5. The van der Waals surface area contributed by atoms with E-state index in [9.17, 15) is 14.9 Å². The molecule has 6 nitrogen and oxygen atoms in total. The lowest BCUT2D eigenvalue weighted by molar-refractivity contribution is -0.385. The summed E-state index contributed by atoms with van der Waals surface area (Å²) in [6.45, 7) is 1.93. The fourth-order valence-corrected chi connectivity index (χ4v) is 1.38. The Kier molecular flexibility index (Phi) is 4.86. The lowest BCUT2D eigenvalue weighted by Crippen LogP contribution is -2.00. The fourth-order valence-electron chi connectivity index (χ4n) is 1.38. The van der Waals surface area contributed by atoms with Gasteiger partial charge >= 0.3 is 5.97 Å². The molecule has 0 unspecified atom stereocenters. The Morgan fingerprint density at radius 3 is 2.78 bits per heavy atom. The van der Waals surface area contributed by atoms with E-state index in [2.05, 4.69) is 0 Å². The average molecular weight is 251 g/mol. The van der Waals surface area contributed by atoms with E-state index < -0.39 is 10.9 Å². The van der Waals surface area contributed by atoms with Crippen LogP contribution in [0.4, 0.5) is 5.69 Å². The summed E-state index contributed by atoms with van der Waals surface area (Å²) in [6, 6.07) is 4.43. The van der Waals surface area contributed by atoms with Crippen LogP contribution in [0.3, 0.4) is 0 Å². The normalized spacial score (nSPS) is 10.3. The Morgan fingerprint density at radius 2 is 2.22 bits per heavy atom. The van der Waals surface area contributed by atoms with Crippen molar-refractivity contribution >= 4 is 17.7 Å². The third-order valence-corrected chi connectivity index (χ3v) is 2.13. The molecule has 6 heteroatoms. The van der Waals surface area contributed by atoms with Crippen LogP contribution in [0.2, 0.25) is 0 Å². The lowest BCUT2D eigenvalue weighted by atomic mass is 10.1. The van der Waals surface area contributed by atoms with Crippen molar-refractivity contribution in [3.63, 3.8) is 0 Å². The minimum Gasteiger partial charge on any atom is -0.496 e. The van der Waals surface area contributed by atoms with Gasteiger partial charge in [-0.1, -0.05) is 6.07 Å². The topological polar surface area (TPSA) is 78.7 Å². The Hall–Kier alpha value is -2.37.